The van der Waals surface area contributed by atoms with E-state index in [0.29, 0.717) is 11.4 Å². The van der Waals surface area contributed by atoms with Crippen LogP contribution in [0.25, 0.3) is 0 Å². The standard InChI is InChI=1S/C10H16N4O2S/c1-10(2,16-4)9(15)13-8-6(7(11)17)5-12-14(8)3/h5H,1-4H3,(H2,11,17)(H,13,15). The van der Waals surface area contributed by atoms with Crippen LogP contribution >= 0.6 is 12.2 Å². The molecule has 0 atom stereocenters. The van der Waals surface area contributed by atoms with Crippen molar-refractivity contribution in [2.24, 2.45) is 12.8 Å². The van der Waals surface area contributed by atoms with E-state index in [1.807, 2.05) is 0 Å². The molecule has 1 aromatic rings. The molecule has 0 saturated carbocycles. The first-order valence-electron chi connectivity index (χ1n) is 4.98. The molecule has 1 aromatic heterocycles. The van der Waals surface area contributed by atoms with Gasteiger partial charge in [0.05, 0.1) is 11.8 Å². The minimum Gasteiger partial charge on any atom is -0.389 e. The maximum absolute atomic E-state index is 11.9. The van der Waals surface area contributed by atoms with Gasteiger partial charge in [0, 0.05) is 14.2 Å². The van der Waals surface area contributed by atoms with E-state index in [1.165, 1.54) is 18.0 Å². The summed E-state index contributed by atoms with van der Waals surface area (Å²) in [6, 6.07) is 0. The third-order valence-electron chi connectivity index (χ3n) is 2.49. The third kappa shape index (κ3) is 2.80. The minimum atomic E-state index is -0.933. The quantitative estimate of drug-likeness (QED) is 0.763. The van der Waals surface area contributed by atoms with E-state index < -0.39 is 5.60 Å². The number of carbonyl (C=O) groups is 1. The largest absolute Gasteiger partial charge is 0.389 e. The maximum Gasteiger partial charge on any atom is 0.257 e. The maximum atomic E-state index is 11.9. The van der Waals surface area contributed by atoms with Gasteiger partial charge in [0.25, 0.3) is 5.91 Å². The summed E-state index contributed by atoms with van der Waals surface area (Å²) in [6.45, 7) is 3.33. The van der Waals surface area contributed by atoms with Crippen LogP contribution in [0.15, 0.2) is 6.20 Å². The van der Waals surface area contributed by atoms with Gasteiger partial charge < -0.3 is 15.8 Å². The van der Waals surface area contributed by atoms with Gasteiger partial charge in [0.1, 0.15) is 16.4 Å². The van der Waals surface area contributed by atoms with Crippen LogP contribution < -0.4 is 11.1 Å². The Labute approximate surface area is 105 Å². The average Bonchev–Trinajstić information content (AvgIpc) is 2.60. The molecular weight excluding hydrogens is 240 g/mol. The van der Waals surface area contributed by atoms with Crippen LogP contribution in [-0.2, 0) is 16.6 Å². The van der Waals surface area contributed by atoms with Crippen LogP contribution in [0.5, 0.6) is 0 Å². The average molecular weight is 256 g/mol. The first-order valence-corrected chi connectivity index (χ1v) is 5.39. The van der Waals surface area contributed by atoms with Crippen LogP contribution in [-0.4, -0.2) is 33.4 Å². The topological polar surface area (TPSA) is 82.2 Å². The number of aromatic nitrogens is 2. The molecule has 3 N–H and O–H groups in total. The van der Waals surface area contributed by atoms with Gasteiger partial charge in [-0.2, -0.15) is 5.10 Å². The highest BCUT2D eigenvalue weighted by Crippen LogP contribution is 2.17. The molecule has 17 heavy (non-hydrogen) atoms. The van der Waals surface area contributed by atoms with Crippen molar-refractivity contribution in [3.05, 3.63) is 11.8 Å². The Bertz CT molecular complexity index is 453. The van der Waals surface area contributed by atoms with Crippen LogP contribution in [0.2, 0.25) is 0 Å². The molecule has 0 aliphatic rings. The molecule has 94 valence electrons. The molecule has 0 aliphatic heterocycles. The molecule has 0 bridgehead atoms. The number of nitrogens with two attached hydrogens (primary N) is 1. The van der Waals surface area contributed by atoms with Gasteiger partial charge in [-0.3, -0.25) is 9.48 Å². The number of ether oxygens (including phenoxy) is 1. The number of hydrogen-bond acceptors (Lipinski definition) is 4. The molecule has 0 aromatic carbocycles. The third-order valence-corrected chi connectivity index (χ3v) is 2.71. The molecule has 1 rings (SSSR count). The fraction of sp³-hybridized carbons (Fsp3) is 0.500. The lowest BCUT2D eigenvalue weighted by molar-refractivity contribution is -0.133. The summed E-state index contributed by atoms with van der Waals surface area (Å²) in [7, 11) is 3.16. The molecule has 1 amide bonds. The van der Waals surface area contributed by atoms with Gasteiger partial charge in [-0.1, -0.05) is 12.2 Å². The summed E-state index contributed by atoms with van der Waals surface area (Å²) in [5, 5.41) is 6.69. The normalized spacial score (nSPS) is 11.3. The van der Waals surface area contributed by atoms with Crippen LogP contribution in [0.1, 0.15) is 19.4 Å². The Morgan fingerprint density at radius 2 is 2.24 bits per heavy atom. The Hall–Kier alpha value is -1.47. The summed E-state index contributed by atoms with van der Waals surface area (Å²) >= 11 is 4.88. The molecule has 0 spiro atoms. The lowest BCUT2D eigenvalue weighted by atomic mass is 10.1. The second-order valence-electron chi connectivity index (χ2n) is 4.06. The molecule has 1 heterocycles. The van der Waals surface area contributed by atoms with E-state index in [1.54, 1.807) is 20.9 Å². The van der Waals surface area contributed by atoms with E-state index in [4.69, 9.17) is 22.7 Å². The van der Waals surface area contributed by atoms with Crippen molar-refractivity contribution in [3.8, 4) is 0 Å². The number of hydrogen-bond donors (Lipinski definition) is 2. The summed E-state index contributed by atoms with van der Waals surface area (Å²) in [5.74, 6) is 0.175. The number of amides is 1. The van der Waals surface area contributed by atoms with E-state index >= 15 is 0 Å². The fourth-order valence-corrected chi connectivity index (χ4v) is 1.27. The van der Waals surface area contributed by atoms with Crippen molar-refractivity contribution in [1.29, 1.82) is 0 Å². The number of aryl methyl sites for hydroxylation is 1. The van der Waals surface area contributed by atoms with Gasteiger partial charge in [-0.15, -0.1) is 0 Å². The van der Waals surface area contributed by atoms with Gasteiger partial charge in [0.15, 0.2) is 0 Å². The summed E-state index contributed by atoms with van der Waals surface area (Å²) in [5.41, 5.74) is 5.14. The smallest absolute Gasteiger partial charge is 0.257 e. The second kappa shape index (κ2) is 4.80. The van der Waals surface area contributed by atoms with E-state index in [0.717, 1.165) is 0 Å². The van der Waals surface area contributed by atoms with Crippen LogP contribution in [0, 0.1) is 0 Å². The van der Waals surface area contributed by atoms with E-state index in [-0.39, 0.29) is 10.9 Å². The zero-order valence-corrected chi connectivity index (χ0v) is 11.1. The number of anilines is 1. The van der Waals surface area contributed by atoms with E-state index in [9.17, 15) is 4.79 Å². The number of rotatable bonds is 4. The monoisotopic (exact) mass is 256 g/mol. The number of thiocarbonyl (C=S) groups is 1. The Balaban J connectivity index is 3.00. The highest BCUT2D eigenvalue weighted by molar-refractivity contribution is 7.80. The summed E-state index contributed by atoms with van der Waals surface area (Å²) < 4.78 is 6.58. The first kappa shape index (κ1) is 13.6. The number of methoxy groups -OCH3 is 1. The van der Waals surface area contributed by atoms with Gasteiger partial charge in [-0.05, 0) is 13.8 Å². The Morgan fingerprint density at radius 1 is 1.65 bits per heavy atom. The number of nitrogens with zero attached hydrogens (tertiary/aromatic N) is 2. The van der Waals surface area contributed by atoms with Gasteiger partial charge >= 0.3 is 0 Å². The highest BCUT2D eigenvalue weighted by Gasteiger charge is 2.28. The first-order chi connectivity index (χ1) is 7.79. The Kier molecular flexibility index (Phi) is 3.84. The lowest BCUT2D eigenvalue weighted by Crippen LogP contribution is -2.39. The van der Waals surface area contributed by atoms with Crippen molar-refractivity contribution in [1.82, 2.24) is 9.78 Å². The van der Waals surface area contributed by atoms with Gasteiger partial charge in [-0.25, -0.2) is 0 Å². The van der Waals surface area contributed by atoms with Crippen LogP contribution in [0.4, 0.5) is 5.82 Å². The van der Waals surface area contributed by atoms with E-state index in [2.05, 4.69) is 10.4 Å². The molecular formula is C10H16N4O2S. The van der Waals surface area contributed by atoms with Gasteiger partial charge in [0.2, 0.25) is 0 Å². The number of nitrogens with one attached hydrogen (secondary N) is 1. The predicted octanol–water partition coefficient (Wildman–Crippen LogP) is 0.418. The molecule has 0 fully saturated rings. The molecule has 6 nitrogen and oxygen atoms in total. The molecule has 0 radical (unpaired) electrons. The minimum absolute atomic E-state index is 0.184. The SMILES string of the molecule is COC(C)(C)C(=O)Nc1c(C(N)=S)cnn1C. The lowest BCUT2D eigenvalue weighted by Gasteiger charge is -2.22. The second-order valence-corrected chi connectivity index (χ2v) is 4.50. The number of carbonyl (C=O) groups excluding carboxylic acids is 1. The fourth-order valence-electron chi connectivity index (χ4n) is 1.12. The predicted molar refractivity (Wildman–Crippen MR) is 68.8 cm³/mol. The van der Waals surface area contributed by atoms with Crippen molar-refractivity contribution >= 4 is 28.9 Å². The van der Waals surface area contributed by atoms with Crippen molar-refractivity contribution < 1.29 is 9.53 Å². The van der Waals surface area contributed by atoms with Crippen molar-refractivity contribution in [2.75, 3.05) is 12.4 Å². The van der Waals surface area contributed by atoms with Crippen molar-refractivity contribution in [3.63, 3.8) is 0 Å². The molecule has 0 saturated heterocycles. The zero-order chi connectivity index (χ0) is 13.2. The van der Waals surface area contributed by atoms with Crippen LogP contribution in [0.3, 0.4) is 0 Å². The highest BCUT2D eigenvalue weighted by atomic mass is 32.1. The summed E-state index contributed by atoms with van der Waals surface area (Å²) in [6.07, 6.45) is 1.51. The Morgan fingerprint density at radius 3 is 2.71 bits per heavy atom. The molecule has 7 heteroatoms. The molecule has 0 unspecified atom stereocenters. The summed E-state index contributed by atoms with van der Waals surface area (Å²) in [4.78, 5) is 12.1. The zero-order valence-electron chi connectivity index (χ0n) is 10.3. The molecule has 0 aliphatic carbocycles. The van der Waals surface area contributed by atoms with Crippen molar-refractivity contribution in [2.45, 2.75) is 19.4 Å².